The molecular formula is C43H27N3O. The number of nitrogens with zero attached hydrogens (tertiary/aromatic N) is 3. The summed E-state index contributed by atoms with van der Waals surface area (Å²) in [5, 5.41) is 4.56. The highest BCUT2D eigenvalue weighted by Crippen LogP contribution is 2.38. The predicted molar refractivity (Wildman–Crippen MR) is 192 cm³/mol. The highest BCUT2D eigenvalue weighted by Gasteiger charge is 2.18. The molecule has 4 nitrogen and oxygen atoms in total. The molecule has 2 aromatic heterocycles. The first kappa shape index (κ1) is 27.0. The van der Waals surface area contributed by atoms with Crippen LogP contribution in [0.25, 0.3) is 89.1 Å². The lowest BCUT2D eigenvalue weighted by molar-refractivity contribution is 0.669. The summed E-state index contributed by atoms with van der Waals surface area (Å²) < 4.78 is 6.37. The summed E-state index contributed by atoms with van der Waals surface area (Å²) in [5.41, 5.74) is 9.04. The molecule has 0 radical (unpaired) electrons. The Hall–Kier alpha value is -6.39. The average Bonchev–Trinajstić information content (AvgIpc) is 3.54. The number of hydrogen-bond acceptors (Lipinski definition) is 4. The smallest absolute Gasteiger partial charge is 0.167 e. The zero-order chi connectivity index (χ0) is 31.2. The molecule has 47 heavy (non-hydrogen) atoms. The van der Waals surface area contributed by atoms with E-state index in [0.717, 1.165) is 44.2 Å². The maximum Gasteiger partial charge on any atom is 0.167 e. The molecule has 4 heteroatoms. The van der Waals surface area contributed by atoms with Crippen molar-refractivity contribution in [2.75, 3.05) is 0 Å². The number of aromatic nitrogens is 3. The van der Waals surface area contributed by atoms with Gasteiger partial charge in [0.1, 0.15) is 11.2 Å². The minimum atomic E-state index is 0.574. The third kappa shape index (κ3) is 4.75. The van der Waals surface area contributed by atoms with Crippen LogP contribution in [0.3, 0.4) is 0 Å². The van der Waals surface area contributed by atoms with Gasteiger partial charge >= 0.3 is 0 Å². The third-order valence-corrected chi connectivity index (χ3v) is 8.78. The normalized spacial score (nSPS) is 11.4. The van der Waals surface area contributed by atoms with Crippen LogP contribution in [0.15, 0.2) is 168 Å². The molecule has 220 valence electrons. The molecule has 0 bridgehead atoms. The number of rotatable bonds is 5. The minimum Gasteiger partial charge on any atom is -0.455 e. The molecule has 0 atom stereocenters. The summed E-state index contributed by atoms with van der Waals surface area (Å²) in [6, 6.07) is 56.4. The van der Waals surface area contributed by atoms with E-state index in [1.807, 2.05) is 60.7 Å². The maximum absolute atomic E-state index is 6.37. The summed E-state index contributed by atoms with van der Waals surface area (Å²) in [6.07, 6.45) is 0. The first-order chi connectivity index (χ1) is 23.3. The van der Waals surface area contributed by atoms with Crippen LogP contribution in [0.4, 0.5) is 0 Å². The van der Waals surface area contributed by atoms with Gasteiger partial charge in [-0.2, -0.15) is 0 Å². The van der Waals surface area contributed by atoms with E-state index >= 15 is 0 Å². The van der Waals surface area contributed by atoms with Gasteiger partial charge in [-0.05, 0) is 45.2 Å². The van der Waals surface area contributed by atoms with Crippen molar-refractivity contribution >= 4 is 32.7 Å². The summed E-state index contributed by atoms with van der Waals surface area (Å²) >= 11 is 0. The van der Waals surface area contributed by atoms with Crippen LogP contribution >= 0.6 is 0 Å². The summed E-state index contributed by atoms with van der Waals surface area (Å²) in [6.45, 7) is 0. The zero-order valence-electron chi connectivity index (χ0n) is 25.3. The van der Waals surface area contributed by atoms with Gasteiger partial charge in [0.25, 0.3) is 0 Å². The fourth-order valence-electron chi connectivity index (χ4n) is 6.48. The largest absolute Gasteiger partial charge is 0.455 e. The number of hydrogen-bond donors (Lipinski definition) is 0. The standard InChI is InChI=1S/C43H27N3O/c1-3-12-28(13-4-1)32-26-27-33(35-17-8-7-16-34(32)35)29-22-24-31(25-23-29)42-44-41(30-14-5-2-6-15-30)45-43(46-42)38-20-11-19-37-36-18-9-10-21-39(36)47-40(37)38/h1-27H. The molecule has 7 aromatic carbocycles. The van der Waals surface area contributed by atoms with Crippen molar-refractivity contribution in [2.24, 2.45) is 0 Å². The van der Waals surface area contributed by atoms with Crippen LogP contribution in [-0.2, 0) is 0 Å². The monoisotopic (exact) mass is 601 g/mol. The van der Waals surface area contributed by atoms with E-state index in [-0.39, 0.29) is 0 Å². The number of furan rings is 1. The summed E-state index contributed by atoms with van der Waals surface area (Å²) in [7, 11) is 0. The Labute approximate surface area is 271 Å². The number of fused-ring (bicyclic) bond motifs is 4. The SMILES string of the molecule is c1ccc(-c2nc(-c3ccc(-c4ccc(-c5ccccc5)c5ccccc45)cc3)nc(-c3cccc4c3oc3ccccc34)n2)cc1. The zero-order valence-corrected chi connectivity index (χ0v) is 25.3. The predicted octanol–water partition coefficient (Wildman–Crippen LogP) is 11.3. The summed E-state index contributed by atoms with van der Waals surface area (Å²) in [4.78, 5) is 15.0. The molecule has 0 aliphatic heterocycles. The molecule has 9 aromatic rings. The van der Waals surface area contributed by atoms with Crippen molar-refractivity contribution in [1.82, 2.24) is 15.0 Å². The Bertz CT molecular complexity index is 2550. The lowest BCUT2D eigenvalue weighted by atomic mass is 9.92. The highest BCUT2D eigenvalue weighted by molar-refractivity contribution is 6.09. The second kappa shape index (κ2) is 11.2. The van der Waals surface area contributed by atoms with Crippen LogP contribution in [-0.4, -0.2) is 15.0 Å². The first-order valence-corrected chi connectivity index (χ1v) is 15.7. The van der Waals surface area contributed by atoms with Crippen LogP contribution in [0.2, 0.25) is 0 Å². The Kier molecular flexibility index (Phi) is 6.43. The van der Waals surface area contributed by atoms with Crippen molar-refractivity contribution in [2.45, 2.75) is 0 Å². The van der Waals surface area contributed by atoms with Crippen molar-refractivity contribution in [1.29, 1.82) is 0 Å². The third-order valence-electron chi connectivity index (χ3n) is 8.78. The van der Waals surface area contributed by atoms with Crippen molar-refractivity contribution in [3.8, 4) is 56.4 Å². The van der Waals surface area contributed by atoms with Gasteiger partial charge in [0.05, 0.1) is 5.56 Å². The van der Waals surface area contributed by atoms with Gasteiger partial charge in [-0.3, -0.25) is 0 Å². The molecule has 0 unspecified atom stereocenters. The van der Waals surface area contributed by atoms with Gasteiger partial charge in [-0.15, -0.1) is 0 Å². The van der Waals surface area contributed by atoms with E-state index in [1.54, 1.807) is 0 Å². The maximum atomic E-state index is 6.37. The van der Waals surface area contributed by atoms with Gasteiger partial charge < -0.3 is 4.42 Å². The molecule has 0 N–H and O–H groups in total. The molecule has 0 saturated heterocycles. The van der Waals surface area contributed by atoms with Gasteiger partial charge in [-0.25, -0.2) is 15.0 Å². The van der Waals surface area contributed by atoms with Crippen LogP contribution in [0.1, 0.15) is 0 Å². The Morgan fingerprint density at radius 3 is 1.43 bits per heavy atom. The molecule has 0 saturated carbocycles. The second-order valence-corrected chi connectivity index (χ2v) is 11.6. The Morgan fingerprint density at radius 1 is 0.298 bits per heavy atom. The van der Waals surface area contributed by atoms with Gasteiger partial charge in [0.2, 0.25) is 0 Å². The average molecular weight is 602 g/mol. The van der Waals surface area contributed by atoms with E-state index in [4.69, 9.17) is 19.4 Å². The second-order valence-electron chi connectivity index (χ2n) is 11.6. The molecule has 2 heterocycles. The van der Waals surface area contributed by atoms with Crippen molar-refractivity contribution in [3.63, 3.8) is 0 Å². The van der Waals surface area contributed by atoms with E-state index in [1.165, 1.54) is 27.5 Å². The van der Waals surface area contributed by atoms with E-state index in [9.17, 15) is 0 Å². The molecule has 0 aliphatic carbocycles. The molecule has 0 amide bonds. The van der Waals surface area contributed by atoms with Crippen LogP contribution in [0, 0.1) is 0 Å². The Morgan fingerprint density at radius 2 is 0.766 bits per heavy atom. The van der Waals surface area contributed by atoms with Gasteiger partial charge in [-0.1, -0.05) is 152 Å². The number of benzene rings is 7. The summed E-state index contributed by atoms with van der Waals surface area (Å²) in [5.74, 6) is 1.80. The fourth-order valence-corrected chi connectivity index (χ4v) is 6.48. The first-order valence-electron chi connectivity index (χ1n) is 15.7. The van der Waals surface area contributed by atoms with Crippen molar-refractivity contribution < 1.29 is 4.42 Å². The quantitative estimate of drug-likeness (QED) is 0.197. The topological polar surface area (TPSA) is 51.8 Å². The van der Waals surface area contributed by atoms with E-state index < -0.39 is 0 Å². The van der Waals surface area contributed by atoms with Crippen LogP contribution in [0.5, 0.6) is 0 Å². The number of para-hydroxylation sites is 2. The molecule has 0 aliphatic rings. The molecule has 0 fully saturated rings. The lowest BCUT2D eigenvalue weighted by Gasteiger charge is -2.13. The molecule has 9 rings (SSSR count). The van der Waals surface area contributed by atoms with Gasteiger partial charge in [0, 0.05) is 21.9 Å². The molecular weight excluding hydrogens is 574 g/mol. The van der Waals surface area contributed by atoms with Crippen LogP contribution < -0.4 is 0 Å². The van der Waals surface area contributed by atoms with E-state index in [2.05, 4.69) is 103 Å². The molecule has 0 spiro atoms. The van der Waals surface area contributed by atoms with Crippen molar-refractivity contribution in [3.05, 3.63) is 164 Å². The lowest BCUT2D eigenvalue weighted by Crippen LogP contribution is -2.00. The van der Waals surface area contributed by atoms with E-state index in [0.29, 0.717) is 17.5 Å². The fraction of sp³-hybridized carbons (Fsp3) is 0. The Balaban J connectivity index is 1.17. The highest BCUT2D eigenvalue weighted by atomic mass is 16.3. The minimum absolute atomic E-state index is 0.574. The van der Waals surface area contributed by atoms with Gasteiger partial charge in [0.15, 0.2) is 17.5 Å².